The second kappa shape index (κ2) is 13.4. The number of hydrogen-bond donors (Lipinski definition) is 0. The summed E-state index contributed by atoms with van der Waals surface area (Å²) >= 11 is 0. The van der Waals surface area contributed by atoms with Crippen molar-refractivity contribution in [2.75, 3.05) is 13.2 Å². The third kappa shape index (κ3) is 6.98. The van der Waals surface area contributed by atoms with Gasteiger partial charge in [0.2, 0.25) is 0 Å². The number of hydrogen-bond acceptors (Lipinski definition) is 3. The van der Waals surface area contributed by atoms with Crippen molar-refractivity contribution in [3.8, 4) is 0 Å². The van der Waals surface area contributed by atoms with E-state index in [4.69, 9.17) is 9.16 Å². The van der Waals surface area contributed by atoms with Crippen LogP contribution in [-0.4, -0.2) is 27.5 Å². The van der Waals surface area contributed by atoms with Crippen LogP contribution in [0.5, 0.6) is 0 Å². The number of allylic oxidation sites excluding steroid dienone is 2. The summed E-state index contributed by atoms with van der Waals surface area (Å²) < 4.78 is 12.5. The Kier molecular flexibility index (Phi) is 10.6. The molecule has 0 aliphatic heterocycles. The Balaban J connectivity index is 1.79. The topological polar surface area (TPSA) is 35.5 Å². The summed E-state index contributed by atoms with van der Waals surface area (Å²) in [5.41, 5.74) is 1.52. The van der Waals surface area contributed by atoms with Crippen molar-refractivity contribution in [1.29, 1.82) is 0 Å². The van der Waals surface area contributed by atoms with Crippen molar-refractivity contribution in [2.45, 2.75) is 84.6 Å². The highest BCUT2D eigenvalue weighted by Crippen LogP contribution is 2.37. The second-order valence-electron chi connectivity index (χ2n) is 11.3. The molecule has 0 saturated heterocycles. The van der Waals surface area contributed by atoms with E-state index < -0.39 is 8.32 Å². The lowest BCUT2D eigenvalue weighted by Gasteiger charge is -2.43. The molecule has 0 spiro atoms. The second-order valence-corrected chi connectivity index (χ2v) is 15.6. The number of rotatable bonds is 12. The predicted octanol–water partition coefficient (Wildman–Crippen LogP) is 7.05. The van der Waals surface area contributed by atoms with Crippen molar-refractivity contribution in [1.82, 2.24) is 0 Å². The smallest absolute Gasteiger partial charge is 0.308 e. The van der Waals surface area contributed by atoms with E-state index in [9.17, 15) is 4.79 Å². The Morgan fingerprint density at radius 1 is 0.972 bits per heavy atom. The van der Waals surface area contributed by atoms with Gasteiger partial charge in [0, 0.05) is 6.61 Å². The maximum absolute atomic E-state index is 12.7. The predicted molar refractivity (Wildman–Crippen MR) is 153 cm³/mol. The van der Waals surface area contributed by atoms with E-state index in [1.54, 1.807) is 0 Å². The van der Waals surface area contributed by atoms with Crippen molar-refractivity contribution in [3.05, 3.63) is 72.3 Å². The Bertz CT molecular complexity index is 922. The average molecular weight is 507 g/mol. The Labute approximate surface area is 220 Å². The third-order valence-electron chi connectivity index (χ3n) is 7.73. The molecule has 196 valence electrons. The van der Waals surface area contributed by atoms with Gasteiger partial charge in [-0.2, -0.15) is 0 Å². The van der Waals surface area contributed by atoms with Gasteiger partial charge in [-0.3, -0.25) is 4.79 Å². The maximum Gasteiger partial charge on any atom is 0.308 e. The van der Waals surface area contributed by atoms with Gasteiger partial charge in [0.25, 0.3) is 8.32 Å². The highest BCUT2D eigenvalue weighted by atomic mass is 28.4. The van der Waals surface area contributed by atoms with E-state index in [0.717, 1.165) is 19.3 Å². The molecule has 0 saturated carbocycles. The minimum Gasteiger partial charge on any atom is -0.466 e. The van der Waals surface area contributed by atoms with Gasteiger partial charge in [0.05, 0.1) is 12.5 Å². The van der Waals surface area contributed by atoms with Gasteiger partial charge in [-0.05, 0) is 73.2 Å². The monoisotopic (exact) mass is 506 g/mol. The molecule has 36 heavy (non-hydrogen) atoms. The van der Waals surface area contributed by atoms with Crippen LogP contribution in [0.25, 0.3) is 0 Å². The summed E-state index contributed by atoms with van der Waals surface area (Å²) in [5, 5.41) is 2.60. The minimum atomic E-state index is -2.53. The molecule has 3 rings (SSSR count). The van der Waals surface area contributed by atoms with E-state index in [2.05, 4.69) is 94.4 Å². The van der Waals surface area contributed by atoms with Crippen LogP contribution in [0.1, 0.15) is 79.6 Å². The van der Waals surface area contributed by atoms with Crippen LogP contribution < -0.4 is 10.4 Å². The van der Waals surface area contributed by atoms with Crippen LogP contribution in [-0.2, 0) is 14.0 Å². The molecule has 2 aromatic carbocycles. The first-order valence-electron chi connectivity index (χ1n) is 13.9. The van der Waals surface area contributed by atoms with E-state index in [1.807, 2.05) is 6.92 Å². The molecular formula is C32H46O3Si. The molecule has 1 aliphatic carbocycles. The van der Waals surface area contributed by atoms with Gasteiger partial charge >= 0.3 is 5.97 Å². The molecule has 0 bridgehead atoms. The summed E-state index contributed by atoms with van der Waals surface area (Å²) in [4.78, 5) is 12.7. The zero-order chi connectivity index (χ0) is 26.0. The SMILES string of the molecule is CCOC(=O)C(C)C(CCCO[Si](c1ccccc1)(c1ccccc1)C(C)(C)C)CC1=CCCCC1. The summed E-state index contributed by atoms with van der Waals surface area (Å²) in [7, 11) is -2.53. The largest absolute Gasteiger partial charge is 0.466 e. The highest BCUT2D eigenvalue weighted by molar-refractivity contribution is 6.99. The fourth-order valence-electron chi connectivity index (χ4n) is 5.75. The van der Waals surface area contributed by atoms with Gasteiger partial charge in [-0.15, -0.1) is 0 Å². The van der Waals surface area contributed by atoms with Gasteiger partial charge < -0.3 is 9.16 Å². The van der Waals surface area contributed by atoms with Crippen LogP contribution in [0.2, 0.25) is 5.04 Å². The van der Waals surface area contributed by atoms with Crippen molar-refractivity contribution >= 4 is 24.7 Å². The molecular weight excluding hydrogens is 460 g/mol. The van der Waals surface area contributed by atoms with Crippen LogP contribution in [0.3, 0.4) is 0 Å². The molecule has 2 unspecified atom stereocenters. The number of esters is 1. The minimum absolute atomic E-state index is 0.0275. The van der Waals surface area contributed by atoms with E-state index >= 15 is 0 Å². The third-order valence-corrected chi connectivity index (χ3v) is 12.8. The lowest BCUT2D eigenvalue weighted by atomic mass is 9.82. The first-order chi connectivity index (χ1) is 17.3. The number of benzene rings is 2. The van der Waals surface area contributed by atoms with Gasteiger partial charge in [0.1, 0.15) is 0 Å². The van der Waals surface area contributed by atoms with Crippen LogP contribution >= 0.6 is 0 Å². The van der Waals surface area contributed by atoms with Crippen LogP contribution in [0, 0.1) is 11.8 Å². The lowest BCUT2D eigenvalue weighted by Crippen LogP contribution is -2.66. The van der Waals surface area contributed by atoms with Crippen molar-refractivity contribution < 1.29 is 14.0 Å². The van der Waals surface area contributed by atoms with E-state index in [-0.39, 0.29) is 22.8 Å². The number of carbonyl (C=O) groups is 1. The molecule has 0 fully saturated rings. The highest BCUT2D eigenvalue weighted by Gasteiger charge is 2.50. The molecule has 0 aromatic heterocycles. The summed E-state index contributed by atoms with van der Waals surface area (Å²) in [5.74, 6) is 0.128. The quantitative estimate of drug-likeness (QED) is 0.134. The normalized spacial score (nSPS) is 16.2. The first-order valence-corrected chi connectivity index (χ1v) is 15.8. The van der Waals surface area contributed by atoms with Gasteiger partial charge in [0.15, 0.2) is 0 Å². The first kappa shape index (κ1) is 28.4. The van der Waals surface area contributed by atoms with Crippen LogP contribution in [0.4, 0.5) is 0 Å². The molecule has 1 aliphatic rings. The zero-order valence-electron chi connectivity index (χ0n) is 23.1. The Hall–Kier alpha value is -2.17. The zero-order valence-corrected chi connectivity index (χ0v) is 24.1. The fourth-order valence-corrected chi connectivity index (χ4v) is 10.4. The standard InChI is InChI=1S/C32H46O3Si/c1-6-34-31(33)26(2)28(25-27-17-10-7-11-18-27)19-16-24-35-36(32(3,4)5,29-20-12-8-13-21-29)30-22-14-9-15-23-30/h8-9,12-15,17,20-23,26,28H,6-7,10-11,16,18-19,24-25H2,1-5H3. The van der Waals surface area contributed by atoms with Crippen molar-refractivity contribution in [2.24, 2.45) is 11.8 Å². The maximum atomic E-state index is 12.7. The average Bonchev–Trinajstić information content (AvgIpc) is 2.88. The molecule has 0 heterocycles. The molecule has 2 aromatic rings. The van der Waals surface area contributed by atoms with Crippen LogP contribution in [0.15, 0.2) is 72.3 Å². The lowest BCUT2D eigenvalue weighted by molar-refractivity contribution is -0.149. The molecule has 0 N–H and O–H groups in total. The molecule has 0 radical (unpaired) electrons. The molecule has 4 heteroatoms. The molecule has 2 atom stereocenters. The van der Waals surface area contributed by atoms with Gasteiger partial charge in [-0.1, -0.05) is 100 Å². The van der Waals surface area contributed by atoms with Gasteiger partial charge in [-0.25, -0.2) is 0 Å². The van der Waals surface area contributed by atoms with Crippen molar-refractivity contribution in [3.63, 3.8) is 0 Å². The van der Waals surface area contributed by atoms with E-state index in [1.165, 1.54) is 41.6 Å². The molecule has 0 amide bonds. The summed E-state index contributed by atoms with van der Waals surface area (Å²) in [6.45, 7) is 12.0. The summed E-state index contributed by atoms with van der Waals surface area (Å²) in [6, 6.07) is 21.6. The fraction of sp³-hybridized carbons (Fsp3) is 0.531. The Morgan fingerprint density at radius 2 is 1.58 bits per heavy atom. The molecule has 3 nitrogen and oxygen atoms in total. The number of ether oxygens (including phenoxy) is 1. The Morgan fingerprint density at radius 3 is 2.08 bits per heavy atom. The summed E-state index contributed by atoms with van der Waals surface area (Å²) in [6.07, 6.45) is 10.2. The van der Waals surface area contributed by atoms with E-state index in [0.29, 0.717) is 13.2 Å². The number of carbonyl (C=O) groups excluding carboxylic acids is 1.